The molecule has 0 rings (SSSR count). The van der Waals surface area contributed by atoms with Gasteiger partial charge < -0.3 is 24.2 Å². The summed E-state index contributed by atoms with van der Waals surface area (Å²) in [5.41, 5.74) is 0. The van der Waals surface area contributed by atoms with E-state index >= 15 is 0 Å². The van der Waals surface area contributed by atoms with Crippen LogP contribution in [0.1, 0.15) is 0 Å². The predicted octanol–water partition coefficient (Wildman–Crippen LogP) is -4.24. The van der Waals surface area contributed by atoms with Crippen LogP contribution in [0.4, 0.5) is 0 Å². The van der Waals surface area contributed by atoms with Gasteiger partial charge in [0.05, 0.1) is 34.7 Å². The smallest absolute Gasteiger partial charge is 0.668 e. The van der Waals surface area contributed by atoms with Crippen molar-refractivity contribution in [1.82, 2.24) is 4.90 Å². The zero-order valence-corrected chi connectivity index (χ0v) is 22.6. The monoisotopic (exact) mass is 400 g/mol. The molecule has 0 spiro atoms. The van der Waals surface area contributed by atoms with Gasteiger partial charge in [-0.3, -0.25) is 0 Å². The summed E-state index contributed by atoms with van der Waals surface area (Å²) in [5.74, 6) is 0. The number of hydrogen-bond donors (Lipinski definition) is 3. The molecule has 0 unspecified atom stereocenters. The van der Waals surface area contributed by atoms with Crippen molar-refractivity contribution in [3.63, 3.8) is 0 Å². The van der Waals surface area contributed by atoms with Crippen LogP contribution in [0.2, 0.25) is 39.3 Å². The van der Waals surface area contributed by atoms with E-state index in [0.717, 1.165) is 0 Å². The van der Waals surface area contributed by atoms with Gasteiger partial charge in [-0.2, -0.15) is 0 Å². The van der Waals surface area contributed by atoms with Crippen molar-refractivity contribution in [2.45, 2.75) is 39.3 Å². The Hall–Kier alpha value is 0.831. The van der Waals surface area contributed by atoms with Gasteiger partial charge in [0.15, 0.2) is 0 Å². The Kier molecular flexibility index (Phi) is 19.1. The van der Waals surface area contributed by atoms with Crippen molar-refractivity contribution in [3.05, 3.63) is 4.65 Å². The van der Waals surface area contributed by atoms with Gasteiger partial charge in [-0.25, -0.2) is 0 Å². The van der Waals surface area contributed by atoms with Crippen molar-refractivity contribution in [2.75, 3.05) is 81.6 Å². The van der Waals surface area contributed by atoms with Gasteiger partial charge in [0.1, 0.15) is 26.2 Å². The Morgan fingerprint density at radius 1 is 0.654 bits per heavy atom. The van der Waals surface area contributed by atoms with Crippen molar-refractivity contribution in [3.8, 4) is 0 Å². The van der Waals surface area contributed by atoms with Crippen LogP contribution < -0.4 is 33.6 Å². The molecule has 0 aliphatic rings. The molecule has 0 aromatic rings. The molecular formula is C18H51LiN5Si2+3. The minimum absolute atomic E-state index is 0. The van der Waals surface area contributed by atoms with Crippen LogP contribution in [0.5, 0.6) is 0 Å². The second-order valence-electron chi connectivity index (χ2n) is 10.2. The second-order valence-corrected chi connectivity index (χ2v) is 19.7. The van der Waals surface area contributed by atoms with E-state index in [1.165, 1.54) is 39.3 Å². The summed E-state index contributed by atoms with van der Waals surface area (Å²) in [6.07, 6.45) is 0. The van der Waals surface area contributed by atoms with Crippen LogP contribution in [0.3, 0.4) is 0 Å². The molecule has 0 radical (unpaired) electrons. The summed E-state index contributed by atoms with van der Waals surface area (Å²) in [6.45, 7) is 21.4. The van der Waals surface area contributed by atoms with Gasteiger partial charge in [0, 0.05) is 6.54 Å². The van der Waals surface area contributed by atoms with Gasteiger partial charge in [-0.15, -0.1) is 0 Å². The molecule has 0 aliphatic heterocycles. The second kappa shape index (κ2) is 15.7. The first kappa shape index (κ1) is 31.5. The van der Waals surface area contributed by atoms with Crippen LogP contribution in [0.25, 0.3) is 4.65 Å². The molecule has 0 heterocycles. The third kappa shape index (κ3) is 29.6. The van der Waals surface area contributed by atoms with E-state index in [1.54, 1.807) is 14.7 Å². The molecule has 0 amide bonds. The van der Waals surface area contributed by atoms with E-state index in [4.69, 9.17) is 4.65 Å². The largest absolute Gasteiger partial charge is 1.00 e. The Labute approximate surface area is 180 Å². The topological polar surface area (TPSA) is 30.7 Å². The fourth-order valence-electron chi connectivity index (χ4n) is 2.62. The third-order valence-corrected chi connectivity index (χ3v) is 8.91. The maximum atomic E-state index is 4.82. The van der Waals surface area contributed by atoms with Gasteiger partial charge in [-0.1, -0.05) is 55.8 Å². The van der Waals surface area contributed by atoms with Crippen LogP contribution >= 0.6 is 0 Å². The van der Waals surface area contributed by atoms with Crippen molar-refractivity contribution in [1.29, 1.82) is 0 Å². The van der Waals surface area contributed by atoms with Crippen molar-refractivity contribution < 1.29 is 33.6 Å². The Morgan fingerprint density at radius 3 is 1.19 bits per heavy atom. The molecule has 0 atom stereocenters. The summed E-state index contributed by atoms with van der Waals surface area (Å²) in [7, 11) is 11.1. The SMILES string of the molecule is CN(C)CC[NH+](CC[NH+](C)C)CC[NH+](C)C.C[Si](C)(C)[N-][Si](C)(C)C.[Li+]. The standard InChI is InChI=1S/C12H30N4.C6H18NSi2.Li/c1-13(2)7-10-16(11-8-14(3)4)12-9-15(5)6;1-8(2,3)7-9(4,5)6;/h7-12H2,1-6H3;1-6H3;/q;-1;+1/p+3. The number of hydrogen-bond acceptors (Lipinski definition) is 1. The van der Waals surface area contributed by atoms with E-state index in [0.29, 0.717) is 0 Å². The Morgan fingerprint density at radius 2 is 1.00 bits per heavy atom. The summed E-state index contributed by atoms with van der Waals surface area (Å²) in [6, 6.07) is 0. The fraction of sp³-hybridized carbons (Fsp3) is 1.00. The first-order chi connectivity index (χ1) is 11.1. The first-order valence-electron chi connectivity index (χ1n) is 9.93. The molecule has 5 nitrogen and oxygen atoms in total. The molecule has 0 aromatic heterocycles. The number of likely N-dealkylation sites (N-methyl/N-ethyl adjacent to an activating group) is 3. The minimum atomic E-state index is -1.11. The van der Waals surface area contributed by atoms with Crippen LogP contribution in [0, 0.1) is 0 Å². The van der Waals surface area contributed by atoms with Crippen LogP contribution in [-0.2, 0) is 0 Å². The zero-order valence-electron chi connectivity index (χ0n) is 20.6. The molecule has 3 N–H and O–H groups in total. The van der Waals surface area contributed by atoms with Crippen LogP contribution in [-0.4, -0.2) is 103 Å². The Balaban J connectivity index is -0.000000453. The van der Waals surface area contributed by atoms with Gasteiger partial charge in [0.2, 0.25) is 0 Å². The van der Waals surface area contributed by atoms with E-state index in [-0.39, 0.29) is 18.9 Å². The summed E-state index contributed by atoms with van der Waals surface area (Å²) in [5, 5.41) is 0. The van der Waals surface area contributed by atoms with Gasteiger partial charge >= 0.3 is 18.9 Å². The maximum Gasteiger partial charge on any atom is 1.00 e. The average Bonchev–Trinajstić information content (AvgIpc) is 2.33. The molecule has 154 valence electrons. The number of rotatable bonds is 11. The Bertz CT molecular complexity index is 275. The van der Waals surface area contributed by atoms with E-state index in [2.05, 4.69) is 86.5 Å². The fourth-order valence-corrected chi connectivity index (χ4v) is 10.7. The van der Waals surface area contributed by atoms with E-state index in [1.807, 2.05) is 0 Å². The predicted molar refractivity (Wildman–Crippen MR) is 120 cm³/mol. The normalized spacial score (nSPS) is 12.5. The molecule has 0 saturated heterocycles. The molecule has 0 fully saturated rings. The third-order valence-electron chi connectivity index (χ3n) is 3.54. The van der Waals surface area contributed by atoms with E-state index < -0.39 is 16.5 Å². The zero-order chi connectivity index (χ0) is 20.3. The molecule has 0 saturated carbocycles. The maximum absolute atomic E-state index is 4.82. The summed E-state index contributed by atoms with van der Waals surface area (Å²) >= 11 is 0. The molecule has 8 heteroatoms. The molecule has 0 aliphatic carbocycles. The minimum Gasteiger partial charge on any atom is -0.668 e. The van der Waals surface area contributed by atoms with Crippen molar-refractivity contribution >= 4 is 16.5 Å². The van der Waals surface area contributed by atoms with Crippen LogP contribution in [0.15, 0.2) is 0 Å². The number of nitrogens with one attached hydrogen (secondary N) is 3. The molecular weight excluding hydrogens is 349 g/mol. The summed E-state index contributed by atoms with van der Waals surface area (Å²) in [4.78, 5) is 7.14. The molecule has 26 heavy (non-hydrogen) atoms. The quantitative estimate of drug-likeness (QED) is 0.302. The first-order valence-corrected chi connectivity index (χ1v) is 16.8. The molecule has 0 bridgehead atoms. The summed E-state index contributed by atoms with van der Waals surface area (Å²) < 4.78 is 4.82. The van der Waals surface area contributed by atoms with E-state index in [9.17, 15) is 0 Å². The molecule has 0 aromatic carbocycles. The van der Waals surface area contributed by atoms with Crippen molar-refractivity contribution in [2.24, 2.45) is 0 Å². The average molecular weight is 401 g/mol. The van der Waals surface area contributed by atoms with Gasteiger partial charge in [0.25, 0.3) is 0 Å². The van der Waals surface area contributed by atoms with Gasteiger partial charge in [-0.05, 0) is 14.1 Å². The number of nitrogens with zero attached hydrogens (tertiary/aromatic N) is 2. The number of quaternary nitrogens is 3.